The number of hydrogen-bond donors (Lipinski definition) is 0. The maximum atomic E-state index is 13.2. The number of piperidine rings is 1. The summed E-state index contributed by atoms with van der Waals surface area (Å²) in [6.45, 7) is 5.46. The van der Waals surface area contributed by atoms with Crippen LogP contribution in [0.1, 0.15) is 71.6 Å². The molecule has 2 fully saturated rings. The van der Waals surface area contributed by atoms with Crippen molar-refractivity contribution in [2.75, 3.05) is 12.4 Å². The Balaban J connectivity index is 2.13. The fraction of sp³-hybridized carbons (Fsp3) is 0.941. The number of carbonyl (C=O) groups is 1. The second kappa shape index (κ2) is 7.15. The molecule has 2 nitrogen and oxygen atoms in total. The lowest BCUT2D eigenvalue weighted by atomic mass is 9.76. The van der Waals surface area contributed by atoms with Crippen molar-refractivity contribution in [3.05, 3.63) is 0 Å². The van der Waals surface area contributed by atoms with Crippen molar-refractivity contribution in [3.8, 4) is 0 Å². The van der Waals surface area contributed by atoms with Crippen LogP contribution in [0.3, 0.4) is 0 Å². The highest BCUT2D eigenvalue weighted by atomic mass is 35.5. The molecule has 1 atom stereocenters. The van der Waals surface area contributed by atoms with E-state index in [0.29, 0.717) is 23.7 Å². The molecule has 20 heavy (non-hydrogen) atoms. The predicted molar refractivity (Wildman–Crippen MR) is 85.0 cm³/mol. The summed E-state index contributed by atoms with van der Waals surface area (Å²) < 4.78 is 0. The number of alkyl halides is 1. The number of hydrogen-bond acceptors (Lipinski definition) is 1. The summed E-state index contributed by atoms with van der Waals surface area (Å²) in [7, 11) is 0. The first kappa shape index (κ1) is 16.1. The van der Waals surface area contributed by atoms with Crippen molar-refractivity contribution in [1.29, 1.82) is 0 Å². The van der Waals surface area contributed by atoms with Gasteiger partial charge in [0, 0.05) is 23.9 Å². The van der Waals surface area contributed by atoms with Gasteiger partial charge in [0.2, 0.25) is 5.91 Å². The van der Waals surface area contributed by atoms with E-state index in [9.17, 15) is 4.79 Å². The fourth-order valence-electron chi connectivity index (χ4n) is 4.34. The van der Waals surface area contributed by atoms with E-state index in [1.54, 1.807) is 0 Å². The Bertz CT molecular complexity index is 321. The number of rotatable bonds is 5. The molecule has 0 aromatic heterocycles. The normalized spacial score (nSPS) is 26.2. The number of carbonyl (C=O) groups excluding carboxylic acids is 1. The molecule has 3 heteroatoms. The highest BCUT2D eigenvalue weighted by Crippen LogP contribution is 2.45. The quantitative estimate of drug-likeness (QED) is 0.679. The van der Waals surface area contributed by atoms with Gasteiger partial charge in [-0.3, -0.25) is 4.79 Å². The van der Waals surface area contributed by atoms with Gasteiger partial charge >= 0.3 is 0 Å². The Morgan fingerprint density at radius 3 is 2.55 bits per heavy atom. The highest BCUT2D eigenvalue weighted by molar-refractivity contribution is 6.17. The highest BCUT2D eigenvalue weighted by Gasteiger charge is 2.45. The second-order valence-electron chi connectivity index (χ2n) is 7.21. The molecule has 1 unspecified atom stereocenters. The van der Waals surface area contributed by atoms with Gasteiger partial charge in [-0.25, -0.2) is 0 Å². The standard InChI is InChI=1S/C17H30ClNO/c1-14(2)13-17(9-4-5-10-17)16(20)19-12-6-3-7-15(19)8-11-18/h14-15H,3-13H2,1-2H3. The Kier molecular flexibility index (Phi) is 5.77. The van der Waals surface area contributed by atoms with Gasteiger partial charge in [-0.2, -0.15) is 0 Å². The third kappa shape index (κ3) is 3.50. The summed E-state index contributed by atoms with van der Waals surface area (Å²) in [5, 5.41) is 0. The number of likely N-dealkylation sites (tertiary alicyclic amines) is 1. The first-order chi connectivity index (χ1) is 9.59. The van der Waals surface area contributed by atoms with Crippen LogP contribution in [0.2, 0.25) is 0 Å². The molecule has 0 N–H and O–H groups in total. The zero-order valence-electron chi connectivity index (χ0n) is 13.2. The molecule has 1 aliphatic heterocycles. The van der Waals surface area contributed by atoms with Crippen molar-refractivity contribution in [1.82, 2.24) is 4.90 Å². The lowest BCUT2D eigenvalue weighted by molar-refractivity contribution is -0.147. The molecule has 1 amide bonds. The van der Waals surface area contributed by atoms with Crippen LogP contribution in [-0.4, -0.2) is 29.3 Å². The number of nitrogens with zero attached hydrogens (tertiary/aromatic N) is 1. The van der Waals surface area contributed by atoms with E-state index < -0.39 is 0 Å². The molecule has 1 heterocycles. The van der Waals surface area contributed by atoms with Crippen molar-refractivity contribution < 1.29 is 4.79 Å². The molecule has 0 bridgehead atoms. The van der Waals surface area contributed by atoms with Crippen molar-refractivity contribution in [2.24, 2.45) is 11.3 Å². The van der Waals surface area contributed by atoms with Gasteiger partial charge in [0.1, 0.15) is 0 Å². The maximum Gasteiger partial charge on any atom is 0.229 e. The molecule has 116 valence electrons. The molecule has 1 aliphatic carbocycles. The summed E-state index contributed by atoms with van der Waals surface area (Å²) in [6, 6.07) is 0.401. The summed E-state index contributed by atoms with van der Waals surface area (Å²) in [6.07, 6.45) is 10.3. The summed E-state index contributed by atoms with van der Waals surface area (Å²) in [5.74, 6) is 1.73. The molecule has 1 saturated carbocycles. The molecule has 0 aromatic carbocycles. The maximum absolute atomic E-state index is 13.2. The van der Waals surface area contributed by atoms with Crippen LogP contribution in [0.15, 0.2) is 0 Å². The minimum Gasteiger partial charge on any atom is -0.339 e. The van der Waals surface area contributed by atoms with Gasteiger partial charge in [-0.05, 0) is 50.9 Å². The third-order valence-electron chi connectivity index (χ3n) is 5.14. The average Bonchev–Trinajstić information content (AvgIpc) is 2.88. The topological polar surface area (TPSA) is 20.3 Å². The zero-order valence-corrected chi connectivity index (χ0v) is 13.9. The van der Waals surface area contributed by atoms with Crippen LogP contribution < -0.4 is 0 Å². The summed E-state index contributed by atoms with van der Waals surface area (Å²) in [4.78, 5) is 15.4. The zero-order chi connectivity index (χ0) is 14.6. The monoisotopic (exact) mass is 299 g/mol. The first-order valence-electron chi connectivity index (χ1n) is 8.46. The molecule has 0 radical (unpaired) electrons. The van der Waals surface area contributed by atoms with Gasteiger partial charge in [-0.15, -0.1) is 11.6 Å². The Hall–Kier alpha value is -0.240. The Morgan fingerprint density at radius 1 is 1.25 bits per heavy atom. The second-order valence-corrected chi connectivity index (χ2v) is 7.59. The van der Waals surface area contributed by atoms with Gasteiger partial charge in [0.05, 0.1) is 0 Å². The smallest absolute Gasteiger partial charge is 0.229 e. The van der Waals surface area contributed by atoms with Gasteiger partial charge in [-0.1, -0.05) is 26.7 Å². The van der Waals surface area contributed by atoms with E-state index in [-0.39, 0.29) is 5.41 Å². The van der Waals surface area contributed by atoms with Crippen LogP contribution in [0.5, 0.6) is 0 Å². The van der Waals surface area contributed by atoms with E-state index in [0.717, 1.165) is 38.6 Å². The van der Waals surface area contributed by atoms with E-state index >= 15 is 0 Å². The van der Waals surface area contributed by atoms with E-state index in [1.165, 1.54) is 25.7 Å². The average molecular weight is 300 g/mol. The van der Waals surface area contributed by atoms with Crippen LogP contribution in [0, 0.1) is 11.3 Å². The minimum absolute atomic E-state index is 0.0456. The van der Waals surface area contributed by atoms with Crippen LogP contribution in [0.4, 0.5) is 0 Å². The third-order valence-corrected chi connectivity index (χ3v) is 5.36. The predicted octanol–water partition coefficient (Wildman–Crippen LogP) is 4.60. The van der Waals surface area contributed by atoms with Gasteiger partial charge in [0.15, 0.2) is 0 Å². The number of halogens is 1. The Morgan fingerprint density at radius 2 is 1.95 bits per heavy atom. The molecular formula is C17H30ClNO. The van der Waals surface area contributed by atoms with Crippen LogP contribution in [0.25, 0.3) is 0 Å². The van der Waals surface area contributed by atoms with E-state index in [1.807, 2.05) is 0 Å². The van der Waals surface area contributed by atoms with E-state index in [2.05, 4.69) is 18.7 Å². The first-order valence-corrected chi connectivity index (χ1v) is 8.99. The van der Waals surface area contributed by atoms with Crippen LogP contribution in [-0.2, 0) is 4.79 Å². The van der Waals surface area contributed by atoms with Crippen molar-refractivity contribution >= 4 is 17.5 Å². The van der Waals surface area contributed by atoms with Gasteiger partial charge in [0.25, 0.3) is 0 Å². The van der Waals surface area contributed by atoms with Crippen LogP contribution >= 0.6 is 11.6 Å². The molecule has 1 saturated heterocycles. The molecule has 2 rings (SSSR count). The van der Waals surface area contributed by atoms with Crippen molar-refractivity contribution in [3.63, 3.8) is 0 Å². The van der Waals surface area contributed by atoms with Gasteiger partial charge < -0.3 is 4.90 Å². The Labute approximate surface area is 129 Å². The molecule has 2 aliphatic rings. The molecule has 0 aromatic rings. The SMILES string of the molecule is CC(C)CC1(C(=O)N2CCCCC2CCCl)CCCC1. The molecule has 0 spiro atoms. The lowest BCUT2D eigenvalue weighted by Gasteiger charge is -2.42. The summed E-state index contributed by atoms with van der Waals surface area (Å²) in [5.41, 5.74) is -0.0456. The minimum atomic E-state index is -0.0456. The summed E-state index contributed by atoms with van der Waals surface area (Å²) >= 11 is 5.95. The van der Waals surface area contributed by atoms with Crippen molar-refractivity contribution in [2.45, 2.75) is 77.7 Å². The largest absolute Gasteiger partial charge is 0.339 e. The number of amides is 1. The fourth-order valence-corrected chi connectivity index (χ4v) is 4.59. The van der Waals surface area contributed by atoms with E-state index in [4.69, 9.17) is 11.6 Å². The lowest BCUT2D eigenvalue weighted by Crippen LogP contribution is -2.50. The molecular weight excluding hydrogens is 270 g/mol.